The summed E-state index contributed by atoms with van der Waals surface area (Å²) in [7, 11) is 1.93. The maximum atomic E-state index is 13.3. The zero-order valence-electron chi connectivity index (χ0n) is 15.2. The molecule has 2 heterocycles. The first-order valence-electron chi connectivity index (χ1n) is 9.51. The van der Waals surface area contributed by atoms with Gasteiger partial charge in [0.05, 0.1) is 5.92 Å². The summed E-state index contributed by atoms with van der Waals surface area (Å²) >= 11 is 0. The van der Waals surface area contributed by atoms with E-state index < -0.39 is 17.9 Å². The van der Waals surface area contributed by atoms with Crippen molar-refractivity contribution >= 4 is 11.8 Å². The van der Waals surface area contributed by atoms with Crippen LogP contribution in [0.5, 0.6) is 0 Å². The van der Waals surface area contributed by atoms with Crippen molar-refractivity contribution in [3.63, 3.8) is 0 Å². The second-order valence-electron chi connectivity index (χ2n) is 8.33. The Bertz CT molecular complexity index is 689. The number of benzene rings is 1. The van der Waals surface area contributed by atoms with Crippen LogP contribution in [-0.2, 0) is 9.59 Å². The van der Waals surface area contributed by atoms with Crippen LogP contribution in [0.1, 0.15) is 37.2 Å². The van der Waals surface area contributed by atoms with Crippen LogP contribution in [-0.4, -0.2) is 59.5 Å². The van der Waals surface area contributed by atoms with Gasteiger partial charge in [-0.2, -0.15) is 0 Å². The van der Waals surface area contributed by atoms with Gasteiger partial charge in [-0.3, -0.25) is 19.7 Å². The molecule has 3 aliphatic rings. The molecule has 2 unspecified atom stereocenters. The SMILES string of the molecule is CN1CC2(CC2)CC(C(=O)NO)C1C(=O)N1CC[C@H](c2ccccc2)C1. The topological polar surface area (TPSA) is 72.9 Å². The Balaban J connectivity index is 1.50. The van der Waals surface area contributed by atoms with Crippen LogP contribution in [0.15, 0.2) is 30.3 Å². The molecule has 2 aliphatic heterocycles. The Hall–Kier alpha value is -1.92. The lowest BCUT2D eigenvalue weighted by atomic mass is 9.80. The number of nitrogens with zero attached hydrogens (tertiary/aromatic N) is 2. The maximum Gasteiger partial charge on any atom is 0.248 e. The van der Waals surface area contributed by atoms with Gasteiger partial charge in [0.25, 0.3) is 0 Å². The third-order valence-electron chi connectivity index (χ3n) is 6.52. The van der Waals surface area contributed by atoms with Gasteiger partial charge in [-0.25, -0.2) is 5.48 Å². The van der Waals surface area contributed by atoms with Gasteiger partial charge in [0.1, 0.15) is 6.04 Å². The highest BCUT2D eigenvalue weighted by molar-refractivity contribution is 5.90. The van der Waals surface area contributed by atoms with Gasteiger partial charge in [-0.15, -0.1) is 0 Å². The number of nitrogens with one attached hydrogen (secondary N) is 1. The average molecular weight is 357 g/mol. The van der Waals surface area contributed by atoms with E-state index in [9.17, 15) is 14.8 Å². The molecule has 0 aromatic heterocycles. The second-order valence-corrected chi connectivity index (χ2v) is 8.33. The molecule has 1 aromatic carbocycles. The molecule has 0 radical (unpaired) electrons. The molecule has 4 rings (SSSR count). The molecular weight excluding hydrogens is 330 g/mol. The lowest BCUT2D eigenvalue weighted by Gasteiger charge is -2.42. The molecule has 1 saturated carbocycles. The molecule has 26 heavy (non-hydrogen) atoms. The third kappa shape index (κ3) is 3.12. The maximum absolute atomic E-state index is 13.3. The van der Waals surface area contributed by atoms with Crippen LogP contribution in [0.3, 0.4) is 0 Å². The first-order valence-corrected chi connectivity index (χ1v) is 9.51. The van der Waals surface area contributed by atoms with E-state index in [4.69, 9.17) is 0 Å². The van der Waals surface area contributed by atoms with Crippen molar-refractivity contribution in [2.24, 2.45) is 11.3 Å². The number of hydrogen-bond donors (Lipinski definition) is 2. The lowest BCUT2D eigenvalue weighted by Crippen LogP contribution is -2.59. The van der Waals surface area contributed by atoms with Crippen molar-refractivity contribution in [3.8, 4) is 0 Å². The lowest BCUT2D eigenvalue weighted by molar-refractivity contribution is -0.150. The van der Waals surface area contributed by atoms with Crippen molar-refractivity contribution in [1.82, 2.24) is 15.3 Å². The number of carbonyl (C=O) groups excluding carboxylic acids is 2. The van der Waals surface area contributed by atoms with Crippen molar-refractivity contribution < 1.29 is 14.8 Å². The standard InChI is InChI=1S/C20H27N3O3/c1-22-13-20(8-9-20)11-16(18(24)21-26)17(22)19(25)23-10-7-15(12-23)14-5-3-2-4-6-14/h2-6,15-17,26H,7-13H2,1H3,(H,21,24)/t15-,16?,17?/m0/s1. The van der Waals surface area contributed by atoms with Crippen molar-refractivity contribution in [2.45, 2.75) is 37.6 Å². The highest BCUT2D eigenvalue weighted by atomic mass is 16.5. The Labute approximate surface area is 154 Å². The summed E-state index contributed by atoms with van der Waals surface area (Å²) in [5.41, 5.74) is 3.23. The predicted molar refractivity (Wildman–Crippen MR) is 96.5 cm³/mol. The summed E-state index contributed by atoms with van der Waals surface area (Å²) in [6, 6.07) is 9.82. The van der Waals surface area contributed by atoms with E-state index in [1.807, 2.05) is 35.0 Å². The van der Waals surface area contributed by atoms with Gasteiger partial charge in [0, 0.05) is 25.6 Å². The van der Waals surface area contributed by atoms with Crippen LogP contribution in [0.25, 0.3) is 0 Å². The number of hydroxylamine groups is 1. The average Bonchev–Trinajstić information content (AvgIpc) is 3.21. The summed E-state index contributed by atoms with van der Waals surface area (Å²) in [5, 5.41) is 9.18. The molecule has 6 heteroatoms. The molecule has 2 N–H and O–H groups in total. The van der Waals surface area contributed by atoms with Crippen LogP contribution in [0.2, 0.25) is 0 Å². The quantitative estimate of drug-likeness (QED) is 0.637. The summed E-state index contributed by atoms with van der Waals surface area (Å²) < 4.78 is 0. The van der Waals surface area contributed by atoms with Crippen LogP contribution < -0.4 is 5.48 Å². The van der Waals surface area contributed by atoms with Gasteiger partial charge in [0.2, 0.25) is 11.8 Å². The fourth-order valence-electron chi connectivity index (χ4n) is 4.94. The third-order valence-corrected chi connectivity index (χ3v) is 6.52. The molecule has 2 amide bonds. The van der Waals surface area contributed by atoms with E-state index in [0.717, 1.165) is 32.4 Å². The van der Waals surface area contributed by atoms with Gasteiger partial charge in [0.15, 0.2) is 0 Å². The van der Waals surface area contributed by atoms with E-state index in [2.05, 4.69) is 12.1 Å². The number of amides is 2. The Kier molecular flexibility index (Phi) is 4.49. The number of likely N-dealkylation sites (N-methyl/N-ethyl adjacent to an activating group) is 1. The molecule has 3 fully saturated rings. The Morgan fingerprint density at radius 2 is 1.96 bits per heavy atom. The zero-order chi connectivity index (χ0) is 18.3. The molecule has 1 spiro atoms. The predicted octanol–water partition coefficient (Wildman–Crippen LogP) is 1.61. The molecule has 1 aliphatic carbocycles. The minimum absolute atomic E-state index is 0.0232. The molecule has 3 atom stereocenters. The van der Waals surface area contributed by atoms with Crippen molar-refractivity contribution in [3.05, 3.63) is 35.9 Å². The zero-order valence-corrected chi connectivity index (χ0v) is 15.2. The molecule has 2 saturated heterocycles. The van der Waals surface area contributed by atoms with Crippen LogP contribution in [0.4, 0.5) is 0 Å². The van der Waals surface area contributed by atoms with Crippen LogP contribution in [0, 0.1) is 11.3 Å². The van der Waals surface area contributed by atoms with Gasteiger partial charge >= 0.3 is 0 Å². The fourth-order valence-corrected chi connectivity index (χ4v) is 4.94. The number of carbonyl (C=O) groups is 2. The normalized spacial score (nSPS) is 30.4. The van der Waals surface area contributed by atoms with Crippen molar-refractivity contribution in [1.29, 1.82) is 0 Å². The van der Waals surface area contributed by atoms with E-state index in [1.165, 1.54) is 5.56 Å². The van der Waals surface area contributed by atoms with E-state index in [1.54, 1.807) is 5.48 Å². The highest BCUT2D eigenvalue weighted by Gasteiger charge is 2.55. The fraction of sp³-hybridized carbons (Fsp3) is 0.600. The summed E-state index contributed by atoms with van der Waals surface area (Å²) in [6.07, 6.45) is 3.85. The Morgan fingerprint density at radius 1 is 1.23 bits per heavy atom. The first-order chi connectivity index (χ1) is 12.5. The first kappa shape index (κ1) is 17.5. The number of hydrogen-bond acceptors (Lipinski definition) is 4. The molecular formula is C20H27N3O3. The molecule has 140 valence electrons. The molecule has 0 bridgehead atoms. The summed E-state index contributed by atoms with van der Waals surface area (Å²) in [5.74, 6) is -0.534. The van der Waals surface area contributed by atoms with E-state index in [0.29, 0.717) is 18.9 Å². The van der Waals surface area contributed by atoms with Crippen molar-refractivity contribution in [2.75, 3.05) is 26.7 Å². The summed E-state index contributed by atoms with van der Waals surface area (Å²) in [6.45, 7) is 2.28. The monoisotopic (exact) mass is 357 g/mol. The number of rotatable bonds is 3. The molecule has 1 aromatic rings. The van der Waals surface area contributed by atoms with E-state index in [-0.39, 0.29) is 11.3 Å². The van der Waals surface area contributed by atoms with Gasteiger partial charge in [-0.05, 0) is 43.7 Å². The number of likely N-dealkylation sites (tertiary alicyclic amines) is 2. The highest BCUT2D eigenvalue weighted by Crippen LogP contribution is 2.54. The second kappa shape index (κ2) is 6.67. The van der Waals surface area contributed by atoms with E-state index >= 15 is 0 Å². The van der Waals surface area contributed by atoms with Crippen LogP contribution >= 0.6 is 0 Å². The Morgan fingerprint density at radius 3 is 2.62 bits per heavy atom. The number of piperidine rings is 1. The van der Waals surface area contributed by atoms with Gasteiger partial charge < -0.3 is 4.90 Å². The minimum Gasteiger partial charge on any atom is -0.341 e. The smallest absolute Gasteiger partial charge is 0.248 e. The molecule has 6 nitrogen and oxygen atoms in total. The van der Waals surface area contributed by atoms with Gasteiger partial charge in [-0.1, -0.05) is 30.3 Å². The minimum atomic E-state index is -0.483. The summed E-state index contributed by atoms with van der Waals surface area (Å²) in [4.78, 5) is 29.5. The largest absolute Gasteiger partial charge is 0.341 e.